The van der Waals surface area contributed by atoms with Crippen LogP contribution in [0.2, 0.25) is 0 Å². The molecular weight excluding hydrogens is 519 g/mol. The van der Waals surface area contributed by atoms with E-state index in [1.165, 1.54) is 6.07 Å². The van der Waals surface area contributed by atoms with Gasteiger partial charge in [0.25, 0.3) is 0 Å². The van der Waals surface area contributed by atoms with E-state index >= 15 is 0 Å². The minimum Gasteiger partial charge on any atom is -0.460 e. The molecule has 1 aromatic carbocycles. The molecule has 9 heteroatoms. The van der Waals surface area contributed by atoms with Gasteiger partial charge in [-0.25, -0.2) is 0 Å². The van der Waals surface area contributed by atoms with Crippen molar-refractivity contribution in [3.63, 3.8) is 0 Å². The van der Waals surface area contributed by atoms with Crippen molar-refractivity contribution in [1.29, 1.82) is 0 Å². The Morgan fingerprint density at radius 1 is 1.12 bits per heavy atom. The average Bonchev–Trinajstić information content (AvgIpc) is 2.90. The van der Waals surface area contributed by atoms with Gasteiger partial charge < -0.3 is 14.9 Å². The van der Waals surface area contributed by atoms with Crippen molar-refractivity contribution in [2.75, 3.05) is 6.54 Å². The normalized spacial score (nSPS) is 15.0. The van der Waals surface area contributed by atoms with Crippen molar-refractivity contribution in [2.45, 2.75) is 110 Å². The summed E-state index contributed by atoms with van der Waals surface area (Å²) in [6.07, 6.45) is 3.33. The van der Waals surface area contributed by atoms with Gasteiger partial charge in [0.1, 0.15) is 12.2 Å². The number of pyridine rings is 1. The minimum atomic E-state index is -4.39. The minimum absolute atomic E-state index is 0.0294. The lowest BCUT2D eigenvalue weighted by Gasteiger charge is -2.25. The molecule has 1 fully saturated rings. The molecule has 40 heavy (non-hydrogen) atoms. The van der Waals surface area contributed by atoms with Crippen LogP contribution in [0.5, 0.6) is 0 Å². The number of esters is 1. The molecule has 1 N–H and O–H groups in total. The number of ether oxygens (including phenoxy) is 1. The van der Waals surface area contributed by atoms with Crippen LogP contribution in [0.3, 0.4) is 0 Å². The molecule has 1 heterocycles. The number of aromatic nitrogens is 1. The van der Waals surface area contributed by atoms with Crippen LogP contribution in [-0.4, -0.2) is 29.3 Å². The summed E-state index contributed by atoms with van der Waals surface area (Å²) in [5, 5.41) is 7.21. The van der Waals surface area contributed by atoms with E-state index in [-0.39, 0.29) is 18.5 Å². The van der Waals surface area contributed by atoms with Crippen molar-refractivity contribution in [3.8, 4) is 0 Å². The predicted octanol–water partition coefficient (Wildman–Crippen LogP) is 7.28. The Kier molecular flexibility index (Phi) is 11.5. The quantitative estimate of drug-likeness (QED) is 0.128. The Bertz CT molecular complexity index is 1140. The summed E-state index contributed by atoms with van der Waals surface area (Å²) in [5.74, 6) is -0.263. The van der Waals surface area contributed by atoms with E-state index < -0.39 is 17.3 Å². The fourth-order valence-electron chi connectivity index (χ4n) is 4.97. The molecular formula is C31H42F3N3O3. The summed E-state index contributed by atoms with van der Waals surface area (Å²) >= 11 is 0. The molecule has 1 aliphatic rings. The first-order valence-corrected chi connectivity index (χ1v) is 14.2. The second-order valence-corrected chi connectivity index (χ2v) is 11.3. The molecule has 0 saturated heterocycles. The molecule has 1 aromatic heterocycles. The van der Waals surface area contributed by atoms with Gasteiger partial charge in [0.05, 0.1) is 12.0 Å². The van der Waals surface area contributed by atoms with Gasteiger partial charge in [-0.1, -0.05) is 49.5 Å². The van der Waals surface area contributed by atoms with Crippen LogP contribution in [0.15, 0.2) is 35.5 Å². The number of nitrogens with one attached hydrogen (secondary N) is 1. The maximum Gasteiger partial charge on any atom is 0.416 e. The molecule has 0 spiro atoms. The smallest absolute Gasteiger partial charge is 0.416 e. The Hall–Kier alpha value is -2.94. The molecule has 0 radical (unpaired) electrons. The number of alkyl halides is 3. The number of hydrogen-bond donors (Lipinski definition) is 1. The van der Waals surface area contributed by atoms with Crippen molar-refractivity contribution < 1.29 is 27.5 Å². The highest BCUT2D eigenvalue weighted by Crippen LogP contribution is 2.41. The van der Waals surface area contributed by atoms with Crippen LogP contribution in [-0.2, 0) is 46.5 Å². The fourth-order valence-corrected chi connectivity index (χ4v) is 4.97. The summed E-state index contributed by atoms with van der Waals surface area (Å²) in [4.78, 5) is 21.9. The number of halogens is 3. The van der Waals surface area contributed by atoms with Crippen molar-refractivity contribution in [1.82, 2.24) is 10.3 Å². The maximum absolute atomic E-state index is 13.8. The van der Waals surface area contributed by atoms with Gasteiger partial charge >= 0.3 is 12.1 Å². The zero-order chi connectivity index (χ0) is 29.2. The van der Waals surface area contributed by atoms with Crippen molar-refractivity contribution >= 4 is 12.2 Å². The monoisotopic (exact) mass is 561 g/mol. The van der Waals surface area contributed by atoms with Crippen molar-refractivity contribution in [3.05, 3.63) is 64.0 Å². The van der Waals surface area contributed by atoms with Gasteiger partial charge in [-0.05, 0) is 74.8 Å². The number of carbonyl (C=O) groups excluding carboxylic acids is 1. The Morgan fingerprint density at radius 3 is 2.55 bits per heavy atom. The van der Waals surface area contributed by atoms with Gasteiger partial charge in [-0.3, -0.25) is 9.78 Å². The Balaban J connectivity index is 1.49. The van der Waals surface area contributed by atoms with E-state index in [0.29, 0.717) is 37.1 Å². The summed E-state index contributed by atoms with van der Waals surface area (Å²) in [6.45, 7) is 8.64. The number of carbonyl (C=O) groups is 1. The highest BCUT2D eigenvalue weighted by molar-refractivity contribution is 5.70. The van der Waals surface area contributed by atoms with Gasteiger partial charge in [0, 0.05) is 37.1 Å². The predicted molar refractivity (Wildman–Crippen MR) is 150 cm³/mol. The lowest BCUT2D eigenvalue weighted by atomic mass is 9.81. The molecule has 0 amide bonds. The van der Waals surface area contributed by atoms with E-state index in [1.807, 2.05) is 39.8 Å². The number of benzene rings is 1. The lowest BCUT2D eigenvalue weighted by molar-refractivity contribution is -0.154. The number of rotatable bonds is 12. The Morgan fingerprint density at radius 2 is 1.88 bits per heavy atom. The van der Waals surface area contributed by atoms with Crippen LogP contribution in [0, 0.1) is 0 Å². The van der Waals surface area contributed by atoms with Crippen LogP contribution in [0.1, 0.15) is 106 Å². The number of oxime groups is 1. The summed E-state index contributed by atoms with van der Waals surface area (Å²) in [5.41, 5.74) is 2.63. The third-order valence-electron chi connectivity index (χ3n) is 6.85. The second-order valence-electron chi connectivity index (χ2n) is 11.3. The molecule has 3 rings (SSSR count). The molecule has 0 unspecified atom stereocenters. The zero-order valence-electron chi connectivity index (χ0n) is 24.1. The third-order valence-corrected chi connectivity index (χ3v) is 6.85. The van der Waals surface area contributed by atoms with Crippen LogP contribution in [0.4, 0.5) is 13.2 Å². The molecule has 0 aliphatic heterocycles. The van der Waals surface area contributed by atoms with E-state index in [4.69, 9.17) is 14.6 Å². The van der Waals surface area contributed by atoms with Gasteiger partial charge in [0.2, 0.25) is 0 Å². The largest absolute Gasteiger partial charge is 0.460 e. The summed E-state index contributed by atoms with van der Waals surface area (Å²) in [7, 11) is 0. The summed E-state index contributed by atoms with van der Waals surface area (Å²) < 4.78 is 46.6. The van der Waals surface area contributed by atoms with Crippen LogP contribution in [0.25, 0.3) is 0 Å². The topological polar surface area (TPSA) is 72.8 Å². The van der Waals surface area contributed by atoms with Crippen molar-refractivity contribution in [2.24, 2.45) is 5.16 Å². The molecule has 1 aliphatic carbocycles. The van der Waals surface area contributed by atoms with Gasteiger partial charge in [0.15, 0.2) is 0 Å². The van der Waals surface area contributed by atoms with E-state index in [2.05, 4.69) is 10.5 Å². The lowest BCUT2D eigenvalue weighted by Crippen LogP contribution is -2.26. The average molecular weight is 562 g/mol. The first kappa shape index (κ1) is 31.6. The molecule has 2 aromatic rings. The first-order chi connectivity index (χ1) is 19.0. The van der Waals surface area contributed by atoms with Crippen LogP contribution < -0.4 is 5.32 Å². The molecule has 0 atom stereocenters. The zero-order valence-corrected chi connectivity index (χ0v) is 24.1. The Labute approximate surface area is 235 Å². The highest BCUT2D eigenvalue weighted by Gasteiger charge is 2.35. The van der Waals surface area contributed by atoms with Crippen LogP contribution >= 0.6 is 0 Å². The number of aryl methyl sites for hydroxylation is 1. The third kappa shape index (κ3) is 10.2. The fraction of sp³-hybridized carbons (Fsp3) is 0.581. The van der Waals surface area contributed by atoms with E-state index in [9.17, 15) is 18.0 Å². The summed E-state index contributed by atoms with van der Waals surface area (Å²) in [6, 6.07) is 8.45. The molecule has 220 valence electrons. The van der Waals surface area contributed by atoms with Gasteiger partial charge in [-0.15, -0.1) is 0 Å². The molecule has 0 bridgehead atoms. The first-order valence-electron chi connectivity index (χ1n) is 14.2. The number of nitrogens with zero attached hydrogens (tertiary/aromatic N) is 2. The molecule has 1 saturated carbocycles. The van der Waals surface area contributed by atoms with E-state index in [0.717, 1.165) is 55.5 Å². The highest BCUT2D eigenvalue weighted by atomic mass is 19.4. The van der Waals surface area contributed by atoms with E-state index in [1.54, 1.807) is 18.3 Å². The maximum atomic E-state index is 13.8. The van der Waals surface area contributed by atoms with Gasteiger partial charge in [-0.2, -0.15) is 13.2 Å². The second kappa shape index (κ2) is 14.6. The number of hydrogen-bond acceptors (Lipinski definition) is 6. The standard InChI is InChI=1S/C31H42F3N3O3/c1-5-28-24(20-35-17-16-29(38)40-30(2,3)4)12-13-25(37-28)15-18-36-39-21-22-11-14-26(23-9-7-6-8-10-23)27(19-22)31(32,33)34/h11-14,18-19,23,35H,5-10,15-17,20-21H2,1-4H3. The molecule has 6 nitrogen and oxygen atoms in total. The SMILES string of the molecule is CCc1nc(CC=NOCc2ccc(C3CCCCC3)c(C(F)(F)F)c2)ccc1CNCCC(=O)OC(C)(C)C.